The monoisotopic (exact) mass is 196 g/mol. The Hall–Kier alpha value is -1.75. The number of anilines is 1. The number of hydrogen-bond donors (Lipinski definition) is 3. The van der Waals surface area contributed by atoms with Crippen LogP contribution in [0.5, 0.6) is 5.75 Å². The van der Waals surface area contributed by atoms with Crippen LogP contribution in [0, 0.1) is 0 Å². The van der Waals surface area contributed by atoms with Gasteiger partial charge in [-0.15, -0.1) is 0 Å². The Labute approximate surface area is 81.3 Å². The highest BCUT2D eigenvalue weighted by atomic mass is 16.5. The molecule has 0 saturated heterocycles. The van der Waals surface area contributed by atoms with Crippen molar-refractivity contribution in [2.45, 2.75) is 6.04 Å². The largest absolute Gasteiger partial charge is 0.506 e. The number of ether oxygens (including phenoxy) is 1. The standard InChI is InChI=1S/C9H12N2O3/c1-14-9(13)8(11)5-2-3-7(12)6(10)4-5/h2-4,8,12H,10-11H2,1H3/t8-/m1/s1. The number of nitrogens with two attached hydrogens (primary N) is 2. The molecule has 14 heavy (non-hydrogen) atoms. The number of carbonyl (C=O) groups is 1. The fourth-order valence-corrected chi connectivity index (χ4v) is 1.03. The zero-order valence-corrected chi connectivity index (χ0v) is 7.73. The second-order valence-corrected chi connectivity index (χ2v) is 2.82. The molecule has 0 amide bonds. The van der Waals surface area contributed by atoms with E-state index in [4.69, 9.17) is 16.6 Å². The first-order chi connectivity index (χ1) is 6.56. The van der Waals surface area contributed by atoms with Crippen LogP contribution in [0.2, 0.25) is 0 Å². The normalized spacial score (nSPS) is 12.1. The topological polar surface area (TPSA) is 98.6 Å². The Balaban J connectivity index is 2.96. The highest BCUT2D eigenvalue weighted by Crippen LogP contribution is 2.23. The molecule has 0 fully saturated rings. The van der Waals surface area contributed by atoms with Crippen LogP contribution in [0.1, 0.15) is 11.6 Å². The van der Waals surface area contributed by atoms with Crippen molar-refractivity contribution in [3.63, 3.8) is 0 Å². The van der Waals surface area contributed by atoms with Crippen molar-refractivity contribution in [2.75, 3.05) is 12.8 Å². The second kappa shape index (κ2) is 3.97. The van der Waals surface area contributed by atoms with Crippen LogP contribution in [-0.2, 0) is 9.53 Å². The maximum absolute atomic E-state index is 11.1. The van der Waals surface area contributed by atoms with Crippen LogP contribution in [0.25, 0.3) is 0 Å². The molecule has 0 aliphatic rings. The number of phenols is 1. The molecule has 0 unspecified atom stereocenters. The van der Waals surface area contributed by atoms with Crippen molar-refractivity contribution in [2.24, 2.45) is 5.73 Å². The summed E-state index contributed by atoms with van der Waals surface area (Å²) in [5, 5.41) is 9.14. The molecule has 5 nitrogen and oxygen atoms in total. The highest BCUT2D eigenvalue weighted by Gasteiger charge is 2.16. The molecule has 1 atom stereocenters. The molecule has 1 aromatic carbocycles. The van der Waals surface area contributed by atoms with Gasteiger partial charge < -0.3 is 21.3 Å². The van der Waals surface area contributed by atoms with Gasteiger partial charge >= 0.3 is 5.97 Å². The lowest BCUT2D eigenvalue weighted by atomic mass is 10.1. The predicted molar refractivity (Wildman–Crippen MR) is 51.5 cm³/mol. The van der Waals surface area contributed by atoms with Gasteiger partial charge in [0.1, 0.15) is 11.8 Å². The number of benzene rings is 1. The average Bonchev–Trinajstić information content (AvgIpc) is 2.20. The molecule has 76 valence electrons. The molecule has 5 N–H and O–H groups in total. The number of nitrogen functional groups attached to an aromatic ring is 1. The van der Waals surface area contributed by atoms with Crippen LogP contribution in [0.15, 0.2) is 18.2 Å². The van der Waals surface area contributed by atoms with Crippen LogP contribution in [0.4, 0.5) is 5.69 Å². The van der Waals surface area contributed by atoms with Crippen LogP contribution < -0.4 is 11.5 Å². The van der Waals surface area contributed by atoms with E-state index in [1.54, 1.807) is 0 Å². The molecular weight excluding hydrogens is 184 g/mol. The van der Waals surface area contributed by atoms with Gasteiger partial charge in [-0.1, -0.05) is 6.07 Å². The maximum atomic E-state index is 11.1. The number of methoxy groups -OCH3 is 1. The van der Waals surface area contributed by atoms with Crippen LogP contribution >= 0.6 is 0 Å². The third-order valence-electron chi connectivity index (χ3n) is 1.87. The van der Waals surface area contributed by atoms with Crippen molar-refractivity contribution in [1.82, 2.24) is 0 Å². The molecule has 5 heteroatoms. The summed E-state index contributed by atoms with van der Waals surface area (Å²) in [6.07, 6.45) is 0. The van der Waals surface area contributed by atoms with E-state index in [-0.39, 0.29) is 11.4 Å². The summed E-state index contributed by atoms with van der Waals surface area (Å²) in [7, 11) is 1.26. The molecule has 0 aliphatic carbocycles. The summed E-state index contributed by atoms with van der Waals surface area (Å²) in [5.74, 6) is -0.582. The smallest absolute Gasteiger partial charge is 0.327 e. The number of aromatic hydroxyl groups is 1. The molecule has 1 rings (SSSR count). The first-order valence-corrected chi connectivity index (χ1v) is 3.98. The highest BCUT2D eigenvalue weighted by molar-refractivity contribution is 5.78. The Morgan fingerprint density at radius 2 is 2.21 bits per heavy atom. The lowest BCUT2D eigenvalue weighted by molar-refractivity contribution is -0.142. The van der Waals surface area contributed by atoms with Gasteiger partial charge in [-0.3, -0.25) is 4.79 Å². The summed E-state index contributed by atoms with van der Waals surface area (Å²) in [5.41, 5.74) is 11.7. The molecule has 1 aromatic rings. The quantitative estimate of drug-likeness (QED) is 0.355. The SMILES string of the molecule is COC(=O)[C@H](N)c1ccc(O)c(N)c1. The number of rotatable bonds is 2. The zero-order valence-electron chi connectivity index (χ0n) is 7.73. The summed E-state index contributed by atoms with van der Waals surface area (Å²) in [6.45, 7) is 0. The van der Waals surface area contributed by atoms with Gasteiger partial charge in [0.15, 0.2) is 0 Å². The lowest BCUT2D eigenvalue weighted by Crippen LogP contribution is -2.22. The van der Waals surface area contributed by atoms with Crippen molar-refractivity contribution < 1.29 is 14.6 Å². The molecule has 0 aliphatic heterocycles. The zero-order chi connectivity index (χ0) is 10.7. The fourth-order valence-electron chi connectivity index (χ4n) is 1.03. The van der Waals surface area contributed by atoms with E-state index in [2.05, 4.69) is 4.74 Å². The average molecular weight is 196 g/mol. The van der Waals surface area contributed by atoms with E-state index in [1.807, 2.05) is 0 Å². The first-order valence-electron chi connectivity index (χ1n) is 3.98. The lowest BCUT2D eigenvalue weighted by Gasteiger charge is -2.10. The van der Waals surface area contributed by atoms with Gasteiger partial charge in [0.05, 0.1) is 12.8 Å². The van der Waals surface area contributed by atoms with Crippen molar-refractivity contribution in [1.29, 1.82) is 0 Å². The third-order valence-corrected chi connectivity index (χ3v) is 1.87. The van der Waals surface area contributed by atoms with Gasteiger partial charge in [-0.05, 0) is 17.7 Å². The van der Waals surface area contributed by atoms with Gasteiger partial charge in [0, 0.05) is 0 Å². The Kier molecular flexibility index (Phi) is 2.93. The minimum absolute atomic E-state index is 0.0363. The van der Waals surface area contributed by atoms with Crippen LogP contribution in [-0.4, -0.2) is 18.2 Å². The van der Waals surface area contributed by atoms with Crippen molar-refractivity contribution in [3.05, 3.63) is 23.8 Å². The van der Waals surface area contributed by atoms with Gasteiger partial charge in [-0.2, -0.15) is 0 Å². The maximum Gasteiger partial charge on any atom is 0.327 e. The molecule has 0 saturated carbocycles. The third kappa shape index (κ3) is 1.94. The van der Waals surface area contributed by atoms with E-state index in [9.17, 15) is 4.79 Å². The number of hydrogen-bond acceptors (Lipinski definition) is 5. The molecule has 0 heterocycles. The first kappa shape index (κ1) is 10.3. The molecular formula is C9H12N2O3. The van der Waals surface area contributed by atoms with E-state index in [0.717, 1.165) is 0 Å². The van der Waals surface area contributed by atoms with E-state index in [1.165, 1.54) is 25.3 Å². The molecule has 0 aromatic heterocycles. The number of esters is 1. The van der Waals surface area contributed by atoms with Crippen LogP contribution in [0.3, 0.4) is 0 Å². The summed E-state index contributed by atoms with van der Waals surface area (Å²) in [6, 6.07) is 3.47. The minimum atomic E-state index is -0.872. The number of phenolic OH excluding ortho intramolecular Hbond substituents is 1. The van der Waals surface area contributed by atoms with Crippen molar-refractivity contribution >= 4 is 11.7 Å². The Bertz CT molecular complexity index is 352. The minimum Gasteiger partial charge on any atom is -0.506 e. The van der Waals surface area contributed by atoms with E-state index < -0.39 is 12.0 Å². The molecule has 0 spiro atoms. The summed E-state index contributed by atoms with van der Waals surface area (Å²) >= 11 is 0. The number of carbonyl (C=O) groups excluding carboxylic acids is 1. The molecule has 0 radical (unpaired) electrons. The van der Waals surface area contributed by atoms with E-state index >= 15 is 0 Å². The fraction of sp³-hybridized carbons (Fsp3) is 0.222. The Morgan fingerprint density at radius 3 is 2.71 bits per heavy atom. The second-order valence-electron chi connectivity index (χ2n) is 2.82. The Morgan fingerprint density at radius 1 is 1.57 bits per heavy atom. The van der Waals surface area contributed by atoms with Gasteiger partial charge in [-0.25, -0.2) is 0 Å². The van der Waals surface area contributed by atoms with Crippen molar-refractivity contribution in [3.8, 4) is 5.75 Å². The summed E-state index contributed by atoms with van der Waals surface area (Å²) in [4.78, 5) is 11.1. The van der Waals surface area contributed by atoms with E-state index in [0.29, 0.717) is 5.56 Å². The van der Waals surface area contributed by atoms with Gasteiger partial charge in [0.25, 0.3) is 0 Å². The molecule has 0 bridgehead atoms. The summed E-state index contributed by atoms with van der Waals surface area (Å²) < 4.78 is 4.47. The van der Waals surface area contributed by atoms with Gasteiger partial charge in [0.2, 0.25) is 0 Å². The predicted octanol–water partition coefficient (Wildman–Crippen LogP) is 0.147.